The first-order valence-corrected chi connectivity index (χ1v) is 7.62. The second kappa shape index (κ2) is 6.31. The largest absolute Gasteiger partial charge is 0.481 e. The minimum absolute atomic E-state index is 0.108. The van der Waals surface area contributed by atoms with Gasteiger partial charge in [-0.05, 0) is 24.6 Å². The van der Waals surface area contributed by atoms with Crippen LogP contribution >= 0.6 is 15.9 Å². The van der Waals surface area contributed by atoms with E-state index >= 15 is 0 Å². The van der Waals surface area contributed by atoms with Crippen LogP contribution in [0.5, 0.6) is 0 Å². The average Bonchev–Trinajstić information content (AvgIpc) is 2.29. The summed E-state index contributed by atoms with van der Waals surface area (Å²) < 4.78 is 26.8. The number of halogens is 1. The predicted molar refractivity (Wildman–Crippen MR) is 70.7 cm³/mol. The van der Waals surface area contributed by atoms with Crippen molar-refractivity contribution in [3.05, 3.63) is 28.7 Å². The summed E-state index contributed by atoms with van der Waals surface area (Å²) in [5.74, 6) is -1.72. The summed E-state index contributed by atoms with van der Waals surface area (Å²) in [6.07, 6.45) is 0.371. The number of rotatable bonds is 6. The topological polar surface area (TPSA) is 83.5 Å². The lowest BCUT2D eigenvalue weighted by Crippen LogP contribution is -2.32. The summed E-state index contributed by atoms with van der Waals surface area (Å²) >= 11 is 3.19. The van der Waals surface area contributed by atoms with Crippen LogP contribution in [0.25, 0.3) is 0 Å². The van der Waals surface area contributed by atoms with Gasteiger partial charge >= 0.3 is 5.97 Å². The van der Waals surface area contributed by atoms with Gasteiger partial charge in [0.2, 0.25) is 10.0 Å². The van der Waals surface area contributed by atoms with E-state index in [1.54, 1.807) is 19.1 Å². The quantitative estimate of drug-likeness (QED) is 0.830. The monoisotopic (exact) mass is 335 g/mol. The molecule has 0 heterocycles. The molecule has 0 aliphatic carbocycles. The van der Waals surface area contributed by atoms with E-state index in [0.717, 1.165) is 0 Å². The van der Waals surface area contributed by atoms with Crippen LogP contribution in [0.1, 0.15) is 13.3 Å². The molecule has 0 spiro atoms. The van der Waals surface area contributed by atoms with Crippen molar-refractivity contribution in [2.45, 2.75) is 18.2 Å². The van der Waals surface area contributed by atoms with Crippen LogP contribution < -0.4 is 4.72 Å². The van der Waals surface area contributed by atoms with Gasteiger partial charge in [0.05, 0.1) is 10.8 Å². The molecule has 0 aliphatic heterocycles. The van der Waals surface area contributed by atoms with Gasteiger partial charge in [-0.3, -0.25) is 4.79 Å². The molecule has 1 unspecified atom stereocenters. The Labute approximate surface area is 114 Å². The van der Waals surface area contributed by atoms with Crippen molar-refractivity contribution in [2.24, 2.45) is 5.92 Å². The number of carbonyl (C=O) groups is 1. The summed E-state index contributed by atoms with van der Waals surface area (Å²) in [5.41, 5.74) is 0. The maximum Gasteiger partial charge on any atom is 0.307 e. The van der Waals surface area contributed by atoms with E-state index in [-0.39, 0.29) is 11.4 Å². The highest BCUT2D eigenvalue weighted by Crippen LogP contribution is 2.16. The van der Waals surface area contributed by atoms with Gasteiger partial charge < -0.3 is 5.11 Å². The van der Waals surface area contributed by atoms with Crippen LogP contribution in [0.2, 0.25) is 0 Å². The van der Waals surface area contributed by atoms with Gasteiger partial charge in [0.15, 0.2) is 0 Å². The highest BCUT2D eigenvalue weighted by atomic mass is 79.9. The van der Waals surface area contributed by atoms with Crippen molar-refractivity contribution in [3.63, 3.8) is 0 Å². The third-order valence-electron chi connectivity index (χ3n) is 2.47. The molecule has 1 atom stereocenters. The first-order chi connectivity index (χ1) is 8.36. The van der Waals surface area contributed by atoms with Crippen LogP contribution in [-0.2, 0) is 14.8 Å². The maximum atomic E-state index is 11.9. The molecular weight excluding hydrogens is 322 g/mol. The summed E-state index contributed by atoms with van der Waals surface area (Å²) in [7, 11) is -3.66. The number of nitrogens with one attached hydrogen (secondary N) is 1. The standard InChI is InChI=1S/C11H14BrNO4S/c1-2-8(11(14)15)7-13-18(16,17)10-5-3-4-9(12)6-10/h3-6,8,13H,2,7H2,1H3,(H,14,15). The molecule has 1 rings (SSSR count). The minimum atomic E-state index is -3.66. The second-order valence-corrected chi connectivity index (χ2v) is 6.44. The molecule has 0 aromatic heterocycles. The van der Waals surface area contributed by atoms with Crippen molar-refractivity contribution >= 4 is 31.9 Å². The van der Waals surface area contributed by atoms with E-state index in [2.05, 4.69) is 20.7 Å². The fourth-order valence-corrected chi connectivity index (χ4v) is 3.01. The second-order valence-electron chi connectivity index (χ2n) is 3.75. The number of benzene rings is 1. The van der Waals surface area contributed by atoms with Gasteiger partial charge in [-0.25, -0.2) is 13.1 Å². The number of hydrogen-bond acceptors (Lipinski definition) is 3. The molecule has 7 heteroatoms. The van der Waals surface area contributed by atoms with Crippen LogP contribution in [0.3, 0.4) is 0 Å². The van der Waals surface area contributed by atoms with E-state index in [1.165, 1.54) is 12.1 Å². The van der Waals surface area contributed by atoms with E-state index in [4.69, 9.17) is 5.11 Å². The predicted octanol–water partition coefficient (Wildman–Crippen LogP) is 1.84. The Bertz CT molecular complexity index is 530. The first-order valence-electron chi connectivity index (χ1n) is 5.35. The molecule has 1 aromatic rings. The molecule has 18 heavy (non-hydrogen) atoms. The Morgan fingerprint density at radius 3 is 2.67 bits per heavy atom. The summed E-state index contributed by atoms with van der Waals surface area (Å²) in [6.45, 7) is 1.59. The molecule has 0 radical (unpaired) electrons. The summed E-state index contributed by atoms with van der Waals surface area (Å²) in [5, 5.41) is 8.84. The Kier molecular flexibility index (Phi) is 5.30. The molecule has 0 aliphatic rings. The fourth-order valence-electron chi connectivity index (χ4n) is 1.33. The third-order valence-corrected chi connectivity index (χ3v) is 4.38. The number of aliphatic carboxylic acids is 1. The smallest absolute Gasteiger partial charge is 0.307 e. The molecule has 0 saturated carbocycles. The lowest BCUT2D eigenvalue weighted by Gasteiger charge is -2.11. The summed E-state index contributed by atoms with van der Waals surface area (Å²) in [6, 6.07) is 6.23. The molecule has 100 valence electrons. The van der Waals surface area contributed by atoms with Crippen molar-refractivity contribution in [1.29, 1.82) is 0 Å². The average molecular weight is 336 g/mol. The van der Waals surface area contributed by atoms with Crippen LogP contribution in [0, 0.1) is 5.92 Å². The van der Waals surface area contributed by atoms with E-state index in [0.29, 0.717) is 10.9 Å². The Hall–Kier alpha value is -0.920. The molecule has 0 bridgehead atoms. The van der Waals surface area contributed by atoms with Crippen LogP contribution in [0.15, 0.2) is 33.6 Å². The van der Waals surface area contributed by atoms with Gasteiger partial charge in [0.1, 0.15) is 0 Å². The van der Waals surface area contributed by atoms with Crippen LogP contribution in [0.4, 0.5) is 0 Å². The zero-order chi connectivity index (χ0) is 13.8. The van der Waals surface area contributed by atoms with Gasteiger partial charge in [0.25, 0.3) is 0 Å². The van der Waals surface area contributed by atoms with E-state index in [9.17, 15) is 13.2 Å². The van der Waals surface area contributed by atoms with Gasteiger partial charge in [-0.15, -0.1) is 0 Å². The Morgan fingerprint density at radius 1 is 1.50 bits per heavy atom. The normalized spacial score (nSPS) is 13.2. The van der Waals surface area contributed by atoms with Crippen molar-refractivity contribution in [3.8, 4) is 0 Å². The van der Waals surface area contributed by atoms with Crippen molar-refractivity contribution < 1.29 is 18.3 Å². The van der Waals surface area contributed by atoms with Crippen molar-refractivity contribution in [1.82, 2.24) is 4.72 Å². The SMILES string of the molecule is CCC(CNS(=O)(=O)c1cccc(Br)c1)C(=O)O. The molecule has 0 saturated heterocycles. The highest BCUT2D eigenvalue weighted by molar-refractivity contribution is 9.10. The zero-order valence-corrected chi connectivity index (χ0v) is 12.2. The first kappa shape index (κ1) is 15.1. The number of hydrogen-bond donors (Lipinski definition) is 2. The summed E-state index contributed by atoms with van der Waals surface area (Å²) in [4.78, 5) is 10.9. The van der Waals surface area contributed by atoms with Gasteiger partial charge in [0, 0.05) is 11.0 Å². The maximum absolute atomic E-state index is 11.9. The van der Waals surface area contributed by atoms with Crippen LogP contribution in [-0.4, -0.2) is 26.0 Å². The van der Waals surface area contributed by atoms with Crippen molar-refractivity contribution in [2.75, 3.05) is 6.54 Å². The molecular formula is C11H14BrNO4S. The molecule has 2 N–H and O–H groups in total. The molecule has 5 nitrogen and oxygen atoms in total. The van der Waals surface area contributed by atoms with Gasteiger partial charge in [-0.2, -0.15) is 0 Å². The Morgan fingerprint density at radius 2 is 2.17 bits per heavy atom. The molecule has 0 amide bonds. The number of carboxylic acid groups (broad SMARTS) is 1. The fraction of sp³-hybridized carbons (Fsp3) is 0.364. The number of carboxylic acids is 1. The minimum Gasteiger partial charge on any atom is -0.481 e. The molecule has 1 aromatic carbocycles. The van der Waals surface area contributed by atoms with E-state index < -0.39 is 21.9 Å². The number of sulfonamides is 1. The van der Waals surface area contributed by atoms with E-state index in [1.807, 2.05) is 0 Å². The zero-order valence-electron chi connectivity index (χ0n) is 9.76. The lowest BCUT2D eigenvalue weighted by atomic mass is 10.1. The highest BCUT2D eigenvalue weighted by Gasteiger charge is 2.20. The Balaban J connectivity index is 2.80. The van der Waals surface area contributed by atoms with Gasteiger partial charge in [-0.1, -0.05) is 28.9 Å². The third kappa shape index (κ3) is 4.08. The molecule has 0 fully saturated rings. The lowest BCUT2D eigenvalue weighted by molar-refractivity contribution is -0.141.